The van der Waals surface area contributed by atoms with Crippen molar-refractivity contribution in [3.05, 3.63) is 45.6 Å². The van der Waals surface area contributed by atoms with Crippen molar-refractivity contribution in [2.45, 2.75) is 19.4 Å². The maximum absolute atomic E-state index is 5.85. The number of rotatable bonds is 5. The number of hydrogen-bond donors (Lipinski definition) is 1. The number of nitrogens with one attached hydrogen (secondary N) is 1. The van der Waals surface area contributed by atoms with Gasteiger partial charge in [-0.15, -0.1) is 11.3 Å². The second-order valence-corrected chi connectivity index (χ2v) is 5.73. The first-order chi connectivity index (χ1) is 9.85. The fraction of sp³-hybridized carbons (Fsp3) is 0.375. The van der Waals surface area contributed by atoms with Gasteiger partial charge in [0.2, 0.25) is 0 Å². The average molecular weight is 289 g/mol. The lowest BCUT2D eigenvalue weighted by atomic mass is 10.00. The van der Waals surface area contributed by atoms with Crippen LogP contribution in [0.15, 0.2) is 29.6 Å². The summed E-state index contributed by atoms with van der Waals surface area (Å²) < 4.78 is 11.3. The van der Waals surface area contributed by atoms with Gasteiger partial charge >= 0.3 is 0 Å². The van der Waals surface area contributed by atoms with E-state index >= 15 is 0 Å². The molecule has 0 aliphatic carbocycles. The predicted molar refractivity (Wildman–Crippen MR) is 82.0 cm³/mol. The van der Waals surface area contributed by atoms with Crippen LogP contribution in [-0.2, 0) is 6.42 Å². The van der Waals surface area contributed by atoms with E-state index in [1.54, 1.807) is 18.4 Å². The van der Waals surface area contributed by atoms with Crippen molar-refractivity contribution < 1.29 is 9.47 Å². The Balaban J connectivity index is 2.06. The molecule has 3 rings (SSSR count). The highest BCUT2D eigenvalue weighted by molar-refractivity contribution is 7.10. The molecule has 1 unspecified atom stereocenters. The fourth-order valence-corrected chi connectivity index (χ4v) is 3.66. The second-order valence-electron chi connectivity index (χ2n) is 4.78. The van der Waals surface area contributed by atoms with Crippen LogP contribution >= 0.6 is 11.3 Å². The van der Waals surface area contributed by atoms with Crippen LogP contribution in [-0.4, -0.2) is 20.3 Å². The van der Waals surface area contributed by atoms with Crippen molar-refractivity contribution in [1.29, 1.82) is 0 Å². The van der Waals surface area contributed by atoms with Crippen LogP contribution in [0.4, 0.5) is 0 Å². The zero-order valence-electron chi connectivity index (χ0n) is 11.8. The zero-order valence-corrected chi connectivity index (χ0v) is 12.6. The van der Waals surface area contributed by atoms with Crippen LogP contribution in [0.2, 0.25) is 0 Å². The third-order valence-corrected chi connectivity index (χ3v) is 4.57. The molecule has 3 nitrogen and oxygen atoms in total. The maximum Gasteiger partial charge on any atom is 0.134 e. The molecule has 4 heteroatoms. The summed E-state index contributed by atoms with van der Waals surface area (Å²) >= 11 is 1.72. The summed E-state index contributed by atoms with van der Waals surface area (Å²) in [5, 5.41) is 5.63. The Labute approximate surface area is 123 Å². The first-order valence-corrected chi connectivity index (χ1v) is 7.82. The SMILES string of the molecule is CCNC(c1cccc2c1OCC2)c1sccc1OC. The molecule has 1 atom stereocenters. The summed E-state index contributed by atoms with van der Waals surface area (Å²) in [4.78, 5) is 1.21. The zero-order chi connectivity index (χ0) is 13.9. The molecule has 2 heterocycles. The van der Waals surface area contributed by atoms with Crippen molar-refractivity contribution in [1.82, 2.24) is 5.32 Å². The van der Waals surface area contributed by atoms with Gasteiger partial charge in [-0.2, -0.15) is 0 Å². The van der Waals surface area contributed by atoms with Crippen molar-refractivity contribution in [2.75, 3.05) is 20.3 Å². The number of fused-ring (bicyclic) bond motifs is 1. The Morgan fingerprint density at radius 2 is 2.30 bits per heavy atom. The van der Waals surface area contributed by atoms with Gasteiger partial charge in [-0.3, -0.25) is 0 Å². The Morgan fingerprint density at radius 3 is 3.10 bits per heavy atom. The van der Waals surface area contributed by atoms with Crippen molar-refractivity contribution in [2.24, 2.45) is 0 Å². The number of ether oxygens (including phenoxy) is 2. The van der Waals surface area contributed by atoms with Gasteiger partial charge in [-0.1, -0.05) is 25.1 Å². The van der Waals surface area contributed by atoms with Crippen LogP contribution in [0.25, 0.3) is 0 Å². The highest BCUT2D eigenvalue weighted by Gasteiger charge is 2.25. The van der Waals surface area contributed by atoms with Gasteiger partial charge in [0, 0.05) is 12.0 Å². The minimum absolute atomic E-state index is 0.128. The smallest absolute Gasteiger partial charge is 0.134 e. The normalized spacial score (nSPS) is 14.7. The van der Waals surface area contributed by atoms with Gasteiger partial charge in [0.15, 0.2) is 0 Å². The van der Waals surface area contributed by atoms with Crippen LogP contribution < -0.4 is 14.8 Å². The van der Waals surface area contributed by atoms with Crippen LogP contribution in [0, 0.1) is 0 Å². The Morgan fingerprint density at radius 1 is 1.40 bits per heavy atom. The van der Waals surface area contributed by atoms with Crippen LogP contribution in [0.1, 0.15) is 29.0 Å². The van der Waals surface area contributed by atoms with Crippen LogP contribution in [0.5, 0.6) is 11.5 Å². The summed E-state index contributed by atoms with van der Waals surface area (Å²) in [7, 11) is 1.72. The van der Waals surface area contributed by atoms with E-state index in [0.29, 0.717) is 0 Å². The third kappa shape index (κ3) is 2.30. The molecular formula is C16H19NO2S. The van der Waals surface area contributed by atoms with E-state index in [2.05, 4.69) is 35.8 Å². The molecule has 106 valence electrons. The van der Waals surface area contributed by atoms with E-state index in [0.717, 1.165) is 31.1 Å². The number of benzene rings is 1. The molecule has 0 bridgehead atoms. The lowest BCUT2D eigenvalue weighted by Crippen LogP contribution is -2.22. The molecule has 0 spiro atoms. The van der Waals surface area contributed by atoms with Gasteiger partial charge < -0.3 is 14.8 Å². The highest BCUT2D eigenvalue weighted by atomic mass is 32.1. The van der Waals surface area contributed by atoms with E-state index in [1.165, 1.54) is 16.0 Å². The molecule has 0 radical (unpaired) electrons. The van der Waals surface area contributed by atoms with Gasteiger partial charge in [-0.25, -0.2) is 0 Å². The largest absolute Gasteiger partial charge is 0.496 e. The molecule has 0 fully saturated rings. The van der Waals surface area contributed by atoms with Crippen LogP contribution in [0.3, 0.4) is 0 Å². The molecule has 1 aromatic carbocycles. The molecule has 1 N–H and O–H groups in total. The quantitative estimate of drug-likeness (QED) is 0.915. The van der Waals surface area contributed by atoms with E-state index < -0.39 is 0 Å². The molecule has 0 saturated carbocycles. The highest BCUT2D eigenvalue weighted by Crippen LogP contribution is 2.40. The minimum Gasteiger partial charge on any atom is -0.496 e. The molecule has 1 aliphatic rings. The van der Waals surface area contributed by atoms with Gasteiger partial charge in [0.25, 0.3) is 0 Å². The molecule has 2 aromatic rings. The van der Waals surface area contributed by atoms with Gasteiger partial charge in [0.1, 0.15) is 11.5 Å². The molecule has 20 heavy (non-hydrogen) atoms. The van der Waals surface area contributed by atoms with E-state index in [-0.39, 0.29) is 6.04 Å². The topological polar surface area (TPSA) is 30.5 Å². The first kappa shape index (κ1) is 13.5. The summed E-state index contributed by atoms with van der Waals surface area (Å²) in [5.74, 6) is 1.99. The van der Waals surface area contributed by atoms with E-state index in [4.69, 9.17) is 9.47 Å². The number of hydrogen-bond acceptors (Lipinski definition) is 4. The van der Waals surface area contributed by atoms with Crippen molar-refractivity contribution in [3.8, 4) is 11.5 Å². The van der Waals surface area contributed by atoms with Crippen molar-refractivity contribution in [3.63, 3.8) is 0 Å². The number of methoxy groups -OCH3 is 1. The Bertz CT molecular complexity index is 594. The van der Waals surface area contributed by atoms with Gasteiger partial charge in [0.05, 0.1) is 24.6 Å². The Hall–Kier alpha value is -1.52. The number of para-hydroxylation sites is 1. The second kappa shape index (κ2) is 5.85. The van der Waals surface area contributed by atoms with Gasteiger partial charge in [-0.05, 0) is 23.6 Å². The molecule has 0 amide bonds. The Kier molecular flexibility index (Phi) is 3.94. The average Bonchev–Trinajstić information content (AvgIpc) is 3.12. The fourth-order valence-electron chi connectivity index (χ4n) is 2.70. The first-order valence-electron chi connectivity index (χ1n) is 6.94. The maximum atomic E-state index is 5.85. The predicted octanol–water partition coefficient (Wildman–Crippen LogP) is 3.39. The molecule has 1 aromatic heterocycles. The molecule has 1 aliphatic heterocycles. The van der Waals surface area contributed by atoms with Crippen molar-refractivity contribution >= 4 is 11.3 Å². The minimum atomic E-state index is 0.128. The summed E-state index contributed by atoms with van der Waals surface area (Å²) in [6.45, 7) is 3.80. The lowest BCUT2D eigenvalue weighted by molar-refractivity contribution is 0.350. The monoisotopic (exact) mass is 289 g/mol. The third-order valence-electron chi connectivity index (χ3n) is 3.60. The molecule has 0 saturated heterocycles. The molecular weight excluding hydrogens is 270 g/mol. The standard InChI is InChI=1S/C16H19NO2S/c1-3-17-14(16-13(18-2)8-10-20-16)12-6-4-5-11-7-9-19-15(11)12/h4-6,8,10,14,17H,3,7,9H2,1-2H3. The summed E-state index contributed by atoms with van der Waals surface area (Å²) in [6, 6.07) is 8.57. The van der Waals surface area contributed by atoms with E-state index in [1.807, 2.05) is 6.07 Å². The summed E-state index contributed by atoms with van der Waals surface area (Å²) in [5.41, 5.74) is 2.52. The lowest BCUT2D eigenvalue weighted by Gasteiger charge is -2.20. The van der Waals surface area contributed by atoms with E-state index in [9.17, 15) is 0 Å². The summed E-state index contributed by atoms with van der Waals surface area (Å²) in [6.07, 6.45) is 1.00. The number of thiophene rings is 1.